The van der Waals surface area contributed by atoms with Crippen molar-refractivity contribution >= 4 is 11.0 Å². The maximum Gasteiger partial charge on any atom is 0.379 e. The molecule has 2 aromatic rings. The fraction of sp³-hybridized carbons (Fsp3) is 0.471. The highest BCUT2D eigenvalue weighted by Gasteiger charge is 2.06. The molecule has 0 aliphatic rings. The van der Waals surface area contributed by atoms with Gasteiger partial charge in [0.25, 0.3) is 0 Å². The quantitative estimate of drug-likeness (QED) is 0.583. The molecule has 21 heavy (non-hydrogen) atoms. The van der Waals surface area contributed by atoms with E-state index in [2.05, 4.69) is 6.92 Å². The number of hydrogen-bond acceptors (Lipinski definition) is 4. The van der Waals surface area contributed by atoms with Crippen LogP contribution in [0.25, 0.3) is 11.0 Å². The van der Waals surface area contributed by atoms with Crippen LogP contribution in [-0.2, 0) is 0 Å². The predicted octanol–water partition coefficient (Wildman–Crippen LogP) is 4.24. The van der Waals surface area contributed by atoms with Gasteiger partial charge in [0.2, 0.25) is 5.75 Å². The molecule has 1 N–H and O–H groups in total. The molecular formula is C17H22O4. The van der Waals surface area contributed by atoms with Gasteiger partial charge < -0.3 is 14.3 Å². The van der Waals surface area contributed by atoms with Gasteiger partial charge in [0.05, 0.1) is 6.61 Å². The minimum Gasteiger partial charge on any atom is -0.508 e. The van der Waals surface area contributed by atoms with E-state index in [0.717, 1.165) is 12.8 Å². The second kappa shape index (κ2) is 7.72. The van der Waals surface area contributed by atoms with E-state index in [-0.39, 0.29) is 11.5 Å². The normalized spacial score (nSPS) is 10.9. The number of hydrogen-bond donors (Lipinski definition) is 1. The van der Waals surface area contributed by atoms with E-state index in [1.54, 1.807) is 18.2 Å². The first-order valence-corrected chi connectivity index (χ1v) is 7.60. The Morgan fingerprint density at radius 2 is 1.86 bits per heavy atom. The third kappa shape index (κ3) is 4.52. The minimum atomic E-state index is -0.473. The summed E-state index contributed by atoms with van der Waals surface area (Å²) in [7, 11) is 0. The summed E-state index contributed by atoms with van der Waals surface area (Å²) in [6, 6.07) is 6.24. The molecule has 0 saturated carbocycles. The van der Waals surface area contributed by atoms with Crippen molar-refractivity contribution in [2.75, 3.05) is 6.61 Å². The van der Waals surface area contributed by atoms with Crippen LogP contribution in [0.2, 0.25) is 0 Å². The van der Waals surface area contributed by atoms with Gasteiger partial charge in [0, 0.05) is 5.39 Å². The van der Waals surface area contributed by atoms with Crippen molar-refractivity contribution in [2.45, 2.75) is 45.4 Å². The van der Waals surface area contributed by atoms with Crippen molar-refractivity contribution in [2.24, 2.45) is 0 Å². The summed E-state index contributed by atoms with van der Waals surface area (Å²) in [4.78, 5) is 11.8. The maximum absolute atomic E-state index is 11.8. The van der Waals surface area contributed by atoms with E-state index in [0.29, 0.717) is 17.6 Å². The minimum absolute atomic E-state index is 0.137. The Hall–Kier alpha value is -1.97. The number of rotatable bonds is 8. The van der Waals surface area contributed by atoms with E-state index in [4.69, 9.17) is 9.15 Å². The van der Waals surface area contributed by atoms with Gasteiger partial charge in [0.1, 0.15) is 11.3 Å². The molecule has 0 fully saturated rings. The Kier molecular flexibility index (Phi) is 5.67. The van der Waals surface area contributed by atoms with Gasteiger partial charge in [0.15, 0.2) is 0 Å². The molecule has 1 aromatic heterocycles. The van der Waals surface area contributed by atoms with Crippen molar-refractivity contribution in [3.8, 4) is 11.5 Å². The third-order valence-corrected chi connectivity index (χ3v) is 3.44. The van der Waals surface area contributed by atoms with E-state index in [1.807, 2.05) is 0 Å². The molecule has 0 bridgehead atoms. The molecule has 0 saturated heterocycles. The number of aromatic hydroxyl groups is 1. The SMILES string of the molecule is CCCCCCCCOc1cc2cc(O)ccc2oc1=O. The van der Waals surface area contributed by atoms with E-state index >= 15 is 0 Å². The van der Waals surface area contributed by atoms with Crippen LogP contribution in [0.5, 0.6) is 11.5 Å². The average molecular weight is 290 g/mol. The monoisotopic (exact) mass is 290 g/mol. The molecule has 0 aliphatic carbocycles. The van der Waals surface area contributed by atoms with Crippen LogP contribution >= 0.6 is 0 Å². The van der Waals surface area contributed by atoms with Crippen LogP contribution < -0.4 is 10.4 Å². The first-order chi connectivity index (χ1) is 10.2. The van der Waals surface area contributed by atoms with Crippen LogP contribution in [0.4, 0.5) is 0 Å². The molecule has 0 atom stereocenters. The summed E-state index contributed by atoms with van der Waals surface area (Å²) < 4.78 is 10.7. The molecule has 1 heterocycles. The molecule has 0 amide bonds. The van der Waals surface area contributed by atoms with Crippen LogP contribution in [0, 0.1) is 0 Å². The zero-order valence-electron chi connectivity index (χ0n) is 12.4. The van der Waals surface area contributed by atoms with Crippen LogP contribution in [0.1, 0.15) is 45.4 Å². The zero-order valence-corrected chi connectivity index (χ0v) is 12.4. The summed E-state index contributed by atoms with van der Waals surface area (Å²) in [6.45, 7) is 2.71. The summed E-state index contributed by atoms with van der Waals surface area (Å²) in [5, 5.41) is 10.1. The molecule has 4 heteroatoms. The lowest BCUT2D eigenvalue weighted by Gasteiger charge is -2.06. The van der Waals surface area contributed by atoms with Gasteiger partial charge in [-0.1, -0.05) is 39.0 Å². The van der Waals surface area contributed by atoms with Gasteiger partial charge in [-0.2, -0.15) is 0 Å². The molecule has 4 nitrogen and oxygen atoms in total. The zero-order chi connectivity index (χ0) is 15.1. The van der Waals surface area contributed by atoms with Crippen molar-refractivity contribution in [3.05, 3.63) is 34.7 Å². The highest BCUT2D eigenvalue weighted by atomic mass is 16.5. The molecule has 0 spiro atoms. The van der Waals surface area contributed by atoms with Gasteiger partial charge in [-0.25, -0.2) is 4.79 Å². The first kappa shape index (κ1) is 15.4. The molecule has 2 rings (SSSR count). The van der Waals surface area contributed by atoms with Gasteiger partial charge >= 0.3 is 5.63 Å². The van der Waals surface area contributed by atoms with Crippen molar-refractivity contribution < 1.29 is 14.3 Å². The lowest BCUT2D eigenvalue weighted by molar-refractivity contribution is 0.291. The van der Waals surface area contributed by atoms with E-state index < -0.39 is 5.63 Å². The van der Waals surface area contributed by atoms with Crippen LogP contribution in [0.15, 0.2) is 33.5 Å². The van der Waals surface area contributed by atoms with Crippen LogP contribution in [0.3, 0.4) is 0 Å². The number of phenolic OH excluding ortho intramolecular Hbond substituents is 1. The molecule has 0 unspecified atom stereocenters. The van der Waals surface area contributed by atoms with Gasteiger partial charge in [-0.3, -0.25) is 0 Å². The highest BCUT2D eigenvalue weighted by molar-refractivity contribution is 5.79. The molecule has 0 radical (unpaired) electrons. The maximum atomic E-state index is 11.8. The Bertz CT molecular complexity index is 630. The van der Waals surface area contributed by atoms with Crippen molar-refractivity contribution in [3.63, 3.8) is 0 Å². The number of fused-ring (bicyclic) bond motifs is 1. The molecule has 114 valence electrons. The molecule has 1 aromatic carbocycles. The lowest BCUT2D eigenvalue weighted by atomic mass is 10.1. The molecular weight excluding hydrogens is 268 g/mol. The summed E-state index contributed by atoms with van der Waals surface area (Å²) in [6.07, 6.45) is 7.02. The Labute approximate surface area is 124 Å². The standard InChI is InChI=1S/C17H22O4/c1-2-3-4-5-6-7-10-20-16-12-13-11-14(18)8-9-15(13)21-17(16)19/h8-9,11-12,18H,2-7,10H2,1H3. The fourth-order valence-corrected chi connectivity index (χ4v) is 2.26. The Morgan fingerprint density at radius 3 is 2.67 bits per heavy atom. The Morgan fingerprint density at radius 1 is 1.10 bits per heavy atom. The van der Waals surface area contributed by atoms with Crippen molar-refractivity contribution in [1.82, 2.24) is 0 Å². The average Bonchev–Trinajstić information content (AvgIpc) is 2.47. The second-order valence-corrected chi connectivity index (χ2v) is 5.24. The lowest BCUT2D eigenvalue weighted by Crippen LogP contribution is -2.08. The smallest absolute Gasteiger partial charge is 0.379 e. The topological polar surface area (TPSA) is 59.7 Å². The van der Waals surface area contributed by atoms with Gasteiger partial charge in [-0.15, -0.1) is 0 Å². The summed E-state index contributed by atoms with van der Waals surface area (Å²) in [5.74, 6) is 0.347. The number of benzene rings is 1. The predicted molar refractivity (Wildman–Crippen MR) is 83.0 cm³/mol. The second-order valence-electron chi connectivity index (χ2n) is 5.24. The number of ether oxygens (including phenoxy) is 1. The molecule has 0 aliphatic heterocycles. The number of phenols is 1. The van der Waals surface area contributed by atoms with E-state index in [9.17, 15) is 9.90 Å². The fourth-order valence-electron chi connectivity index (χ4n) is 2.26. The first-order valence-electron chi connectivity index (χ1n) is 7.60. The number of unbranched alkanes of at least 4 members (excludes halogenated alkanes) is 5. The highest BCUT2D eigenvalue weighted by Crippen LogP contribution is 2.21. The van der Waals surface area contributed by atoms with E-state index in [1.165, 1.54) is 31.7 Å². The van der Waals surface area contributed by atoms with Crippen LogP contribution in [-0.4, -0.2) is 11.7 Å². The summed E-state index contributed by atoms with van der Waals surface area (Å²) in [5.41, 5.74) is -0.0242. The van der Waals surface area contributed by atoms with Crippen molar-refractivity contribution in [1.29, 1.82) is 0 Å². The summed E-state index contributed by atoms with van der Waals surface area (Å²) >= 11 is 0. The van der Waals surface area contributed by atoms with Gasteiger partial charge in [-0.05, 0) is 30.7 Å². The third-order valence-electron chi connectivity index (χ3n) is 3.44. The Balaban J connectivity index is 1.89. The largest absolute Gasteiger partial charge is 0.508 e.